The van der Waals surface area contributed by atoms with E-state index in [4.69, 9.17) is 9.84 Å². The largest absolute Gasteiger partial charge is 0.443 e. The molecule has 2 rings (SSSR count). The molecular formula is C16H24N2O3. The molecule has 0 aromatic heterocycles. The minimum Gasteiger partial charge on any atom is -0.443 e. The Morgan fingerprint density at radius 2 is 2.19 bits per heavy atom. The van der Waals surface area contributed by atoms with Crippen molar-refractivity contribution in [2.24, 2.45) is 0 Å². The van der Waals surface area contributed by atoms with Crippen LogP contribution in [0.2, 0.25) is 0 Å². The van der Waals surface area contributed by atoms with E-state index in [1.165, 1.54) is 0 Å². The predicted octanol–water partition coefficient (Wildman–Crippen LogP) is 2.78. The van der Waals surface area contributed by atoms with Gasteiger partial charge >= 0.3 is 6.09 Å². The second-order valence-corrected chi connectivity index (χ2v) is 6.23. The maximum absolute atomic E-state index is 12.2. The van der Waals surface area contributed by atoms with Gasteiger partial charge in [-0.15, -0.1) is 0 Å². The van der Waals surface area contributed by atoms with E-state index in [-0.39, 0.29) is 12.7 Å². The number of amides is 1. The fourth-order valence-corrected chi connectivity index (χ4v) is 2.31. The lowest BCUT2D eigenvalue weighted by molar-refractivity contribution is 0.0584. The van der Waals surface area contributed by atoms with E-state index in [1.54, 1.807) is 4.90 Å². The van der Waals surface area contributed by atoms with Gasteiger partial charge in [-0.05, 0) is 51.3 Å². The van der Waals surface area contributed by atoms with E-state index in [0.717, 1.165) is 23.4 Å². The molecule has 0 spiro atoms. The smallest absolute Gasteiger partial charge is 0.414 e. The molecule has 1 aliphatic heterocycles. The number of benzene rings is 1. The minimum atomic E-state index is -0.489. The Hall–Kier alpha value is -1.75. The zero-order valence-corrected chi connectivity index (χ0v) is 13.0. The highest BCUT2D eigenvalue weighted by atomic mass is 16.6. The number of carbonyl (C=O) groups is 1. The molecule has 0 saturated carbocycles. The molecule has 0 saturated heterocycles. The lowest BCUT2D eigenvalue weighted by atomic mass is 10.1. The number of carbonyl (C=O) groups excluding carboxylic acids is 1. The van der Waals surface area contributed by atoms with Gasteiger partial charge in [-0.2, -0.15) is 0 Å². The number of hydrogen-bond acceptors (Lipinski definition) is 4. The van der Waals surface area contributed by atoms with Gasteiger partial charge in [-0.25, -0.2) is 4.79 Å². The molecule has 1 aromatic rings. The van der Waals surface area contributed by atoms with Crippen LogP contribution in [0.15, 0.2) is 18.2 Å². The van der Waals surface area contributed by atoms with Crippen molar-refractivity contribution in [1.29, 1.82) is 0 Å². The van der Waals surface area contributed by atoms with Crippen LogP contribution in [0.25, 0.3) is 0 Å². The van der Waals surface area contributed by atoms with E-state index in [0.29, 0.717) is 19.5 Å². The quantitative estimate of drug-likeness (QED) is 0.838. The fourth-order valence-electron chi connectivity index (χ4n) is 2.31. The normalized spacial score (nSPS) is 14.0. The van der Waals surface area contributed by atoms with Crippen molar-refractivity contribution in [1.82, 2.24) is 0 Å². The maximum Gasteiger partial charge on any atom is 0.414 e. The van der Waals surface area contributed by atoms with Crippen LogP contribution in [0, 0.1) is 0 Å². The number of nitrogens with one attached hydrogen (secondary N) is 1. The summed E-state index contributed by atoms with van der Waals surface area (Å²) in [5.41, 5.74) is 2.54. The Morgan fingerprint density at radius 1 is 1.43 bits per heavy atom. The third-order valence-corrected chi connectivity index (χ3v) is 3.26. The number of anilines is 2. The third kappa shape index (κ3) is 4.11. The Bertz CT molecular complexity index is 509. The Labute approximate surface area is 125 Å². The van der Waals surface area contributed by atoms with E-state index >= 15 is 0 Å². The Morgan fingerprint density at radius 3 is 2.86 bits per heavy atom. The molecule has 1 aliphatic rings. The van der Waals surface area contributed by atoms with E-state index in [2.05, 4.69) is 5.32 Å². The summed E-state index contributed by atoms with van der Waals surface area (Å²) in [7, 11) is 0. The minimum absolute atomic E-state index is 0.169. The number of aliphatic hydroxyl groups excluding tert-OH is 1. The van der Waals surface area contributed by atoms with Gasteiger partial charge in [0.1, 0.15) is 5.60 Å². The number of hydrogen-bond donors (Lipinski definition) is 2. The summed E-state index contributed by atoms with van der Waals surface area (Å²) in [5.74, 6) is 0. The lowest BCUT2D eigenvalue weighted by Crippen LogP contribution is -2.35. The first-order valence-electron chi connectivity index (χ1n) is 7.39. The highest BCUT2D eigenvalue weighted by molar-refractivity contribution is 5.91. The van der Waals surface area contributed by atoms with Crippen molar-refractivity contribution < 1.29 is 14.6 Å². The van der Waals surface area contributed by atoms with Crippen LogP contribution in [0.1, 0.15) is 32.8 Å². The van der Waals surface area contributed by atoms with Crippen LogP contribution >= 0.6 is 0 Å². The van der Waals surface area contributed by atoms with Crippen molar-refractivity contribution in [2.45, 2.75) is 39.2 Å². The average molecular weight is 292 g/mol. The zero-order valence-electron chi connectivity index (χ0n) is 13.0. The van der Waals surface area contributed by atoms with Crippen LogP contribution in [0.3, 0.4) is 0 Å². The highest BCUT2D eigenvalue weighted by Crippen LogP contribution is 2.32. The summed E-state index contributed by atoms with van der Waals surface area (Å²) in [6.45, 7) is 7.15. The molecule has 21 heavy (non-hydrogen) atoms. The standard InChI is InChI=1S/C16H24N2O3/c1-16(2,3)21-15(20)18-9-7-12-5-6-13(11-14(12)18)17-8-4-10-19/h5-6,11,17,19H,4,7-10H2,1-3H3. The molecule has 5 nitrogen and oxygen atoms in total. The molecule has 0 unspecified atom stereocenters. The van der Waals surface area contributed by atoms with Gasteiger partial charge in [-0.3, -0.25) is 4.90 Å². The van der Waals surface area contributed by atoms with Crippen LogP contribution in [-0.2, 0) is 11.2 Å². The zero-order chi connectivity index (χ0) is 15.5. The van der Waals surface area contributed by atoms with E-state index in [1.807, 2.05) is 39.0 Å². The van der Waals surface area contributed by atoms with Crippen molar-refractivity contribution in [2.75, 3.05) is 29.9 Å². The molecular weight excluding hydrogens is 268 g/mol. The lowest BCUT2D eigenvalue weighted by Gasteiger charge is -2.25. The summed E-state index contributed by atoms with van der Waals surface area (Å²) in [6, 6.07) is 6.03. The first-order chi connectivity index (χ1) is 9.90. The van der Waals surface area contributed by atoms with Crippen LogP contribution in [0.4, 0.5) is 16.2 Å². The molecule has 1 amide bonds. The van der Waals surface area contributed by atoms with Crippen molar-refractivity contribution >= 4 is 17.5 Å². The van der Waals surface area contributed by atoms with Crippen LogP contribution in [0.5, 0.6) is 0 Å². The van der Waals surface area contributed by atoms with E-state index < -0.39 is 5.60 Å². The second kappa shape index (κ2) is 6.35. The first kappa shape index (κ1) is 15.6. The summed E-state index contributed by atoms with van der Waals surface area (Å²) >= 11 is 0. The maximum atomic E-state index is 12.2. The number of fused-ring (bicyclic) bond motifs is 1. The predicted molar refractivity (Wildman–Crippen MR) is 83.9 cm³/mol. The molecule has 0 aliphatic carbocycles. The summed E-state index contributed by atoms with van der Waals surface area (Å²) < 4.78 is 5.45. The molecule has 0 radical (unpaired) electrons. The van der Waals surface area contributed by atoms with Gasteiger partial charge in [0.2, 0.25) is 0 Å². The Kier molecular flexibility index (Phi) is 4.73. The number of aliphatic hydroxyl groups is 1. The fraction of sp³-hybridized carbons (Fsp3) is 0.562. The molecule has 0 fully saturated rings. The number of nitrogens with zero attached hydrogens (tertiary/aromatic N) is 1. The Balaban J connectivity index is 2.10. The second-order valence-electron chi connectivity index (χ2n) is 6.23. The van der Waals surface area contributed by atoms with Crippen LogP contribution < -0.4 is 10.2 Å². The molecule has 0 atom stereocenters. The SMILES string of the molecule is CC(C)(C)OC(=O)N1CCc2ccc(NCCCO)cc21. The average Bonchev–Trinajstić information content (AvgIpc) is 2.80. The summed E-state index contributed by atoms with van der Waals surface area (Å²) in [4.78, 5) is 13.9. The van der Waals surface area contributed by atoms with Gasteiger partial charge in [0.25, 0.3) is 0 Å². The number of rotatable bonds is 4. The van der Waals surface area contributed by atoms with Gasteiger partial charge in [-0.1, -0.05) is 6.07 Å². The van der Waals surface area contributed by atoms with Gasteiger partial charge in [0.05, 0.1) is 5.69 Å². The van der Waals surface area contributed by atoms with Crippen molar-refractivity contribution in [3.05, 3.63) is 23.8 Å². The van der Waals surface area contributed by atoms with Gasteiger partial charge < -0.3 is 15.2 Å². The summed E-state index contributed by atoms with van der Waals surface area (Å²) in [6.07, 6.45) is 1.26. The molecule has 2 N–H and O–H groups in total. The van der Waals surface area contributed by atoms with E-state index in [9.17, 15) is 4.79 Å². The molecule has 0 bridgehead atoms. The summed E-state index contributed by atoms with van der Waals surface area (Å²) in [5, 5.41) is 12.1. The van der Waals surface area contributed by atoms with Gasteiger partial charge in [0.15, 0.2) is 0 Å². The van der Waals surface area contributed by atoms with Crippen molar-refractivity contribution in [3.8, 4) is 0 Å². The highest BCUT2D eigenvalue weighted by Gasteiger charge is 2.28. The van der Waals surface area contributed by atoms with Gasteiger partial charge in [0, 0.05) is 25.4 Å². The molecule has 116 valence electrons. The topological polar surface area (TPSA) is 61.8 Å². The molecule has 1 heterocycles. The van der Waals surface area contributed by atoms with Crippen LogP contribution in [-0.4, -0.2) is 36.5 Å². The number of ether oxygens (including phenoxy) is 1. The molecule has 5 heteroatoms. The first-order valence-corrected chi connectivity index (χ1v) is 7.39. The molecule has 1 aromatic carbocycles. The monoisotopic (exact) mass is 292 g/mol. The van der Waals surface area contributed by atoms with Crippen molar-refractivity contribution in [3.63, 3.8) is 0 Å². The third-order valence-electron chi connectivity index (χ3n) is 3.26.